The Hall–Kier alpha value is -3.41. The highest BCUT2D eigenvalue weighted by atomic mass is 19.4. The highest BCUT2D eigenvalue weighted by molar-refractivity contribution is 5.89. The number of pyridine rings is 1. The van der Waals surface area contributed by atoms with E-state index in [4.69, 9.17) is 10.8 Å². The summed E-state index contributed by atoms with van der Waals surface area (Å²) < 4.78 is 40.8. The van der Waals surface area contributed by atoms with Crippen molar-refractivity contribution in [3.63, 3.8) is 0 Å². The molecule has 1 aliphatic rings. The van der Waals surface area contributed by atoms with E-state index in [-0.39, 0.29) is 17.7 Å². The number of nitrogen functional groups attached to an aromatic ring is 1. The van der Waals surface area contributed by atoms with Crippen LogP contribution in [0.15, 0.2) is 30.7 Å². The van der Waals surface area contributed by atoms with E-state index < -0.39 is 12.7 Å². The van der Waals surface area contributed by atoms with Crippen molar-refractivity contribution >= 4 is 28.4 Å². The quantitative estimate of drug-likeness (QED) is 0.425. The molecule has 9 nitrogen and oxygen atoms in total. The average Bonchev–Trinajstić information content (AvgIpc) is 3.37. The maximum Gasteiger partial charge on any atom is 0.406 e. The fourth-order valence-electron chi connectivity index (χ4n) is 3.90. The molecule has 0 saturated heterocycles. The molecule has 4 aromatic heterocycles. The first-order valence-corrected chi connectivity index (χ1v) is 10.6. The van der Waals surface area contributed by atoms with Gasteiger partial charge in [0.1, 0.15) is 17.6 Å². The number of nitrogens with one attached hydrogen (secondary N) is 1. The minimum atomic E-state index is -4.36. The lowest BCUT2D eigenvalue weighted by molar-refractivity contribution is -0.140. The first kappa shape index (κ1) is 22.8. The van der Waals surface area contributed by atoms with E-state index in [1.807, 2.05) is 0 Å². The van der Waals surface area contributed by atoms with Gasteiger partial charge in [-0.1, -0.05) is 19.3 Å². The van der Waals surface area contributed by atoms with Gasteiger partial charge in [0.25, 0.3) is 0 Å². The molecule has 0 unspecified atom stereocenters. The Bertz CT molecular complexity index is 1240. The van der Waals surface area contributed by atoms with Crippen LogP contribution in [0.2, 0.25) is 0 Å². The van der Waals surface area contributed by atoms with Crippen molar-refractivity contribution in [2.24, 2.45) is 0 Å². The Balaban J connectivity index is 0.000000318. The fourth-order valence-corrected chi connectivity index (χ4v) is 3.90. The molecule has 0 radical (unpaired) electrons. The lowest BCUT2D eigenvalue weighted by Crippen LogP contribution is -2.17. The van der Waals surface area contributed by atoms with Gasteiger partial charge in [0, 0.05) is 18.8 Å². The van der Waals surface area contributed by atoms with Crippen LogP contribution in [0.5, 0.6) is 0 Å². The topological polar surface area (TPSA) is 119 Å². The van der Waals surface area contributed by atoms with Gasteiger partial charge in [-0.3, -0.25) is 0 Å². The number of nitrogens with two attached hydrogens (primary N) is 1. The first-order valence-electron chi connectivity index (χ1n) is 10.6. The van der Waals surface area contributed by atoms with Crippen molar-refractivity contribution in [2.75, 3.05) is 18.1 Å². The molecule has 0 amide bonds. The van der Waals surface area contributed by atoms with E-state index in [2.05, 4.69) is 25.4 Å². The van der Waals surface area contributed by atoms with Gasteiger partial charge >= 0.3 is 6.18 Å². The van der Waals surface area contributed by atoms with Gasteiger partial charge in [0.15, 0.2) is 11.5 Å². The molecular weight excluding hydrogens is 437 g/mol. The van der Waals surface area contributed by atoms with Gasteiger partial charge in [0.05, 0.1) is 18.1 Å². The van der Waals surface area contributed by atoms with Crippen molar-refractivity contribution in [1.82, 2.24) is 29.1 Å². The second-order valence-electron chi connectivity index (χ2n) is 7.91. The molecule has 176 valence electrons. The smallest absolute Gasteiger partial charge is 0.393 e. The summed E-state index contributed by atoms with van der Waals surface area (Å²) in [7, 11) is 1.69. The van der Waals surface area contributed by atoms with Crippen molar-refractivity contribution in [3.05, 3.63) is 30.7 Å². The highest BCUT2D eigenvalue weighted by Gasteiger charge is 2.29. The van der Waals surface area contributed by atoms with Gasteiger partial charge in [-0.15, -0.1) is 5.10 Å². The summed E-state index contributed by atoms with van der Waals surface area (Å²) in [5, 5.41) is 15.9. The summed E-state index contributed by atoms with van der Waals surface area (Å²) in [6.45, 7) is -1.15. The van der Waals surface area contributed by atoms with E-state index in [0.29, 0.717) is 28.1 Å². The zero-order valence-electron chi connectivity index (χ0n) is 18.0. The van der Waals surface area contributed by atoms with Gasteiger partial charge in [-0.25, -0.2) is 14.5 Å². The number of rotatable bonds is 3. The van der Waals surface area contributed by atoms with E-state index in [9.17, 15) is 13.2 Å². The van der Waals surface area contributed by atoms with Gasteiger partial charge < -0.3 is 20.7 Å². The summed E-state index contributed by atoms with van der Waals surface area (Å²) >= 11 is 0. The number of imidazole rings is 1. The standard InChI is InChI=1S/C15H13F3N8.C6H12O/c1-20-12-11-8(4-5-26(11)24-14(19)23-12)9-2-3-10-13(22-9)25(7-21-10)6-15(16,17)18;7-6-4-2-1-3-5-6/h2-5,7H,6H2,1H3,(H3,19,20,23,24);6-7H,1-5H2. The Morgan fingerprint density at radius 1 is 1.15 bits per heavy atom. The number of fused-ring (bicyclic) bond motifs is 2. The number of hydrogen-bond acceptors (Lipinski definition) is 7. The molecule has 1 fully saturated rings. The Labute approximate surface area is 187 Å². The van der Waals surface area contributed by atoms with Crippen LogP contribution >= 0.6 is 0 Å². The largest absolute Gasteiger partial charge is 0.406 e. The predicted octanol–water partition coefficient (Wildman–Crippen LogP) is 3.64. The number of halogens is 3. The van der Waals surface area contributed by atoms with E-state index >= 15 is 0 Å². The number of alkyl halides is 3. The number of aliphatic hydroxyl groups excluding tert-OH is 1. The van der Waals surface area contributed by atoms with Crippen LogP contribution in [0, 0.1) is 0 Å². The van der Waals surface area contributed by atoms with Gasteiger partial charge in [-0.05, 0) is 31.0 Å². The predicted molar refractivity (Wildman–Crippen MR) is 119 cm³/mol. The summed E-state index contributed by atoms with van der Waals surface area (Å²) in [6.07, 6.45) is 4.38. The molecule has 0 atom stereocenters. The summed E-state index contributed by atoms with van der Waals surface area (Å²) in [5.41, 5.74) is 7.97. The van der Waals surface area contributed by atoms with Crippen LogP contribution in [-0.2, 0) is 6.54 Å². The van der Waals surface area contributed by atoms with Crippen LogP contribution in [0.4, 0.5) is 24.9 Å². The third-order valence-electron chi connectivity index (χ3n) is 5.43. The van der Waals surface area contributed by atoms with Crippen molar-refractivity contribution < 1.29 is 18.3 Å². The molecule has 5 rings (SSSR count). The Morgan fingerprint density at radius 3 is 2.55 bits per heavy atom. The molecule has 0 spiro atoms. The van der Waals surface area contributed by atoms with Crippen LogP contribution < -0.4 is 11.1 Å². The van der Waals surface area contributed by atoms with Crippen LogP contribution in [0.1, 0.15) is 32.1 Å². The highest BCUT2D eigenvalue weighted by Crippen LogP contribution is 2.30. The molecule has 12 heteroatoms. The normalized spacial score (nSPS) is 14.9. The molecule has 4 heterocycles. The molecule has 1 aliphatic carbocycles. The second kappa shape index (κ2) is 9.22. The molecule has 0 aliphatic heterocycles. The Morgan fingerprint density at radius 2 is 1.91 bits per heavy atom. The number of hydrogen-bond donors (Lipinski definition) is 3. The first-order chi connectivity index (χ1) is 15.7. The molecule has 1 saturated carbocycles. The lowest BCUT2D eigenvalue weighted by Gasteiger charge is -2.14. The fraction of sp³-hybridized carbons (Fsp3) is 0.429. The molecule has 0 aromatic carbocycles. The van der Waals surface area contributed by atoms with Crippen LogP contribution in [0.25, 0.3) is 27.9 Å². The number of aromatic nitrogens is 6. The minimum absolute atomic E-state index is 0.0359. The molecular formula is C21H25F3N8O. The van der Waals surface area contributed by atoms with Crippen LogP contribution in [-0.4, -0.2) is 53.6 Å². The number of anilines is 2. The van der Waals surface area contributed by atoms with Crippen LogP contribution in [0.3, 0.4) is 0 Å². The average molecular weight is 462 g/mol. The van der Waals surface area contributed by atoms with Gasteiger partial charge in [-0.2, -0.15) is 18.2 Å². The van der Waals surface area contributed by atoms with E-state index in [1.54, 1.807) is 36.0 Å². The van der Waals surface area contributed by atoms with Crippen molar-refractivity contribution in [1.29, 1.82) is 0 Å². The third-order valence-corrected chi connectivity index (χ3v) is 5.43. The zero-order chi connectivity index (χ0) is 23.6. The SMILES string of the molecule is CNc1nc(N)nn2ccc(-c3ccc4ncn(CC(F)(F)F)c4n3)c12.OC1CCCCC1. The lowest BCUT2D eigenvalue weighted by atomic mass is 9.98. The summed E-state index contributed by atoms with van der Waals surface area (Å²) in [5.74, 6) is 0.582. The summed E-state index contributed by atoms with van der Waals surface area (Å²) in [6, 6.07) is 5.08. The molecule has 0 bridgehead atoms. The maximum atomic E-state index is 12.7. The molecule has 4 N–H and O–H groups in total. The number of aliphatic hydroxyl groups is 1. The third kappa shape index (κ3) is 5.16. The van der Waals surface area contributed by atoms with Crippen molar-refractivity contribution in [2.45, 2.75) is 50.9 Å². The maximum absolute atomic E-state index is 12.7. The number of nitrogens with zero attached hydrogens (tertiary/aromatic N) is 6. The zero-order valence-corrected chi connectivity index (χ0v) is 18.0. The van der Waals surface area contributed by atoms with E-state index in [1.165, 1.54) is 19.3 Å². The molecule has 4 aromatic rings. The van der Waals surface area contributed by atoms with Crippen molar-refractivity contribution in [3.8, 4) is 11.3 Å². The second-order valence-corrected chi connectivity index (χ2v) is 7.91. The minimum Gasteiger partial charge on any atom is -0.393 e. The van der Waals surface area contributed by atoms with E-state index in [0.717, 1.165) is 23.7 Å². The summed E-state index contributed by atoms with van der Waals surface area (Å²) in [4.78, 5) is 12.5. The van der Waals surface area contributed by atoms with Gasteiger partial charge in [0.2, 0.25) is 5.95 Å². The monoisotopic (exact) mass is 462 g/mol. The molecule has 33 heavy (non-hydrogen) atoms. The Kier molecular flexibility index (Phi) is 6.36.